The van der Waals surface area contributed by atoms with Crippen LogP contribution >= 0.6 is 0 Å². The fourth-order valence-electron chi connectivity index (χ4n) is 1.72. The molecule has 2 rings (SSSR count). The molecule has 1 aliphatic heterocycles. The van der Waals surface area contributed by atoms with Crippen LogP contribution in [0.4, 0.5) is 0 Å². The van der Waals surface area contributed by atoms with E-state index >= 15 is 0 Å². The van der Waals surface area contributed by atoms with E-state index in [1.54, 1.807) is 0 Å². The Morgan fingerprint density at radius 3 is 3.00 bits per heavy atom. The number of hydrogen-bond donors (Lipinski definition) is 1. The van der Waals surface area contributed by atoms with E-state index in [9.17, 15) is 0 Å². The molecule has 2 heterocycles. The lowest BCUT2D eigenvalue weighted by Gasteiger charge is -2.23. The summed E-state index contributed by atoms with van der Waals surface area (Å²) >= 11 is 0. The average molecular weight is 195 g/mol. The highest BCUT2D eigenvalue weighted by Crippen LogP contribution is 2.05. The predicted molar refractivity (Wildman–Crippen MR) is 54.1 cm³/mol. The summed E-state index contributed by atoms with van der Waals surface area (Å²) in [4.78, 5) is 4.00. The van der Waals surface area contributed by atoms with Gasteiger partial charge in [-0.05, 0) is 12.8 Å². The summed E-state index contributed by atoms with van der Waals surface area (Å²) in [5.41, 5.74) is 0. The molecule has 1 aliphatic rings. The second kappa shape index (κ2) is 5.12. The molecule has 0 aliphatic carbocycles. The monoisotopic (exact) mass is 195 g/mol. The van der Waals surface area contributed by atoms with Crippen LogP contribution in [0, 0.1) is 0 Å². The van der Waals surface area contributed by atoms with E-state index in [0.29, 0.717) is 6.04 Å². The number of hydrogen-bond acceptors (Lipinski definition) is 3. The quantitative estimate of drug-likeness (QED) is 0.766. The van der Waals surface area contributed by atoms with Crippen molar-refractivity contribution in [3.05, 3.63) is 18.7 Å². The molecule has 0 atom stereocenters. The molecule has 1 N–H and O–H groups in total. The van der Waals surface area contributed by atoms with Crippen molar-refractivity contribution in [3.63, 3.8) is 0 Å². The van der Waals surface area contributed by atoms with Gasteiger partial charge in [0.05, 0.1) is 6.33 Å². The number of rotatable bonds is 4. The van der Waals surface area contributed by atoms with Crippen molar-refractivity contribution in [2.75, 3.05) is 19.8 Å². The van der Waals surface area contributed by atoms with Gasteiger partial charge in [-0.3, -0.25) is 0 Å². The van der Waals surface area contributed by atoms with Crippen LogP contribution in [-0.4, -0.2) is 35.4 Å². The lowest BCUT2D eigenvalue weighted by Crippen LogP contribution is -2.36. The maximum absolute atomic E-state index is 5.30. The molecule has 0 amide bonds. The van der Waals surface area contributed by atoms with E-state index in [1.165, 1.54) is 0 Å². The molecule has 0 bridgehead atoms. The summed E-state index contributed by atoms with van der Waals surface area (Å²) in [7, 11) is 0. The zero-order valence-corrected chi connectivity index (χ0v) is 8.35. The van der Waals surface area contributed by atoms with E-state index in [2.05, 4.69) is 14.9 Å². The van der Waals surface area contributed by atoms with Gasteiger partial charge in [-0.15, -0.1) is 0 Å². The normalized spacial score (nSPS) is 18.6. The molecular weight excluding hydrogens is 178 g/mol. The lowest BCUT2D eigenvalue weighted by molar-refractivity contribution is 0.0779. The molecule has 0 aromatic carbocycles. The van der Waals surface area contributed by atoms with E-state index in [0.717, 1.165) is 39.1 Å². The largest absolute Gasteiger partial charge is 0.381 e. The van der Waals surface area contributed by atoms with Gasteiger partial charge in [0, 0.05) is 44.7 Å². The van der Waals surface area contributed by atoms with E-state index in [4.69, 9.17) is 4.74 Å². The highest BCUT2D eigenvalue weighted by atomic mass is 16.5. The first-order valence-electron chi connectivity index (χ1n) is 5.22. The van der Waals surface area contributed by atoms with E-state index < -0.39 is 0 Å². The van der Waals surface area contributed by atoms with Gasteiger partial charge in [-0.2, -0.15) is 0 Å². The van der Waals surface area contributed by atoms with Gasteiger partial charge in [-0.1, -0.05) is 0 Å². The van der Waals surface area contributed by atoms with Gasteiger partial charge in [0.15, 0.2) is 0 Å². The molecule has 0 radical (unpaired) electrons. The summed E-state index contributed by atoms with van der Waals surface area (Å²) < 4.78 is 7.39. The first-order valence-corrected chi connectivity index (χ1v) is 5.22. The van der Waals surface area contributed by atoms with Crippen LogP contribution in [-0.2, 0) is 11.3 Å². The van der Waals surface area contributed by atoms with Crippen LogP contribution in [0.2, 0.25) is 0 Å². The molecule has 0 unspecified atom stereocenters. The Kier molecular flexibility index (Phi) is 3.54. The van der Waals surface area contributed by atoms with Crippen LogP contribution in [0.1, 0.15) is 12.8 Å². The Balaban J connectivity index is 1.62. The minimum atomic E-state index is 0.646. The van der Waals surface area contributed by atoms with Crippen molar-refractivity contribution in [3.8, 4) is 0 Å². The minimum absolute atomic E-state index is 0.646. The summed E-state index contributed by atoms with van der Waals surface area (Å²) in [5.74, 6) is 0. The second-order valence-corrected chi connectivity index (χ2v) is 3.64. The Morgan fingerprint density at radius 2 is 2.29 bits per heavy atom. The molecule has 1 aromatic rings. The van der Waals surface area contributed by atoms with E-state index in [1.807, 2.05) is 18.7 Å². The zero-order valence-electron chi connectivity index (χ0n) is 8.35. The molecule has 4 heteroatoms. The number of nitrogens with zero attached hydrogens (tertiary/aromatic N) is 2. The average Bonchev–Trinajstić information content (AvgIpc) is 2.72. The Labute approximate surface area is 84.3 Å². The molecule has 1 aromatic heterocycles. The van der Waals surface area contributed by atoms with Crippen molar-refractivity contribution in [2.24, 2.45) is 0 Å². The molecule has 4 nitrogen and oxygen atoms in total. The summed E-state index contributed by atoms with van der Waals surface area (Å²) in [6.07, 6.45) is 7.94. The third-order valence-electron chi connectivity index (χ3n) is 2.58. The summed E-state index contributed by atoms with van der Waals surface area (Å²) in [5, 5.41) is 3.53. The minimum Gasteiger partial charge on any atom is -0.381 e. The van der Waals surface area contributed by atoms with Gasteiger partial charge < -0.3 is 14.6 Å². The SMILES string of the molecule is c1cn(CCNC2CCOCC2)cn1. The summed E-state index contributed by atoms with van der Waals surface area (Å²) in [6.45, 7) is 3.82. The Bertz CT molecular complexity index is 242. The highest BCUT2D eigenvalue weighted by molar-refractivity contribution is 4.75. The fourth-order valence-corrected chi connectivity index (χ4v) is 1.72. The third kappa shape index (κ3) is 2.82. The molecule has 14 heavy (non-hydrogen) atoms. The maximum atomic E-state index is 5.30. The number of ether oxygens (including phenoxy) is 1. The smallest absolute Gasteiger partial charge is 0.0946 e. The van der Waals surface area contributed by atoms with Crippen LogP contribution < -0.4 is 5.32 Å². The topological polar surface area (TPSA) is 39.1 Å². The van der Waals surface area contributed by atoms with Crippen molar-refractivity contribution in [1.82, 2.24) is 14.9 Å². The number of imidazole rings is 1. The van der Waals surface area contributed by atoms with Crippen molar-refractivity contribution >= 4 is 0 Å². The predicted octanol–water partition coefficient (Wildman–Crippen LogP) is 0.652. The van der Waals surface area contributed by atoms with Crippen LogP contribution in [0.15, 0.2) is 18.7 Å². The Hall–Kier alpha value is -0.870. The van der Waals surface area contributed by atoms with Gasteiger partial charge in [-0.25, -0.2) is 4.98 Å². The van der Waals surface area contributed by atoms with Crippen LogP contribution in [0.25, 0.3) is 0 Å². The maximum Gasteiger partial charge on any atom is 0.0946 e. The third-order valence-corrected chi connectivity index (χ3v) is 2.58. The molecule has 1 saturated heterocycles. The molecule has 78 valence electrons. The first kappa shape index (κ1) is 9.68. The fraction of sp³-hybridized carbons (Fsp3) is 0.700. The standard InChI is InChI=1S/C10H17N3O/c1-7-14-8-2-10(1)12-4-6-13-5-3-11-9-13/h3,5,9-10,12H,1-2,4,6-8H2. The highest BCUT2D eigenvalue weighted by Gasteiger charge is 2.11. The van der Waals surface area contributed by atoms with Crippen molar-refractivity contribution in [1.29, 1.82) is 0 Å². The molecule has 0 spiro atoms. The summed E-state index contributed by atoms with van der Waals surface area (Å²) in [6, 6.07) is 0.646. The van der Waals surface area contributed by atoms with E-state index in [-0.39, 0.29) is 0 Å². The second-order valence-electron chi connectivity index (χ2n) is 3.64. The number of nitrogens with one attached hydrogen (secondary N) is 1. The lowest BCUT2D eigenvalue weighted by atomic mass is 10.1. The van der Waals surface area contributed by atoms with Gasteiger partial charge >= 0.3 is 0 Å². The molecular formula is C10H17N3O. The van der Waals surface area contributed by atoms with Gasteiger partial charge in [0.2, 0.25) is 0 Å². The number of aromatic nitrogens is 2. The zero-order chi connectivity index (χ0) is 9.64. The van der Waals surface area contributed by atoms with Crippen molar-refractivity contribution in [2.45, 2.75) is 25.4 Å². The van der Waals surface area contributed by atoms with Crippen LogP contribution in [0.3, 0.4) is 0 Å². The van der Waals surface area contributed by atoms with Gasteiger partial charge in [0.25, 0.3) is 0 Å². The van der Waals surface area contributed by atoms with Crippen LogP contribution in [0.5, 0.6) is 0 Å². The molecule has 1 fully saturated rings. The Morgan fingerprint density at radius 1 is 1.43 bits per heavy atom. The van der Waals surface area contributed by atoms with Gasteiger partial charge in [0.1, 0.15) is 0 Å². The molecule has 0 saturated carbocycles. The first-order chi connectivity index (χ1) is 6.95. The van der Waals surface area contributed by atoms with Crippen molar-refractivity contribution < 1.29 is 4.74 Å².